The zero-order valence-electron chi connectivity index (χ0n) is 21.2. The summed E-state index contributed by atoms with van der Waals surface area (Å²) in [5, 5.41) is 8.38. The summed E-state index contributed by atoms with van der Waals surface area (Å²) in [4.78, 5) is 26.4. The van der Waals surface area contributed by atoms with Crippen LogP contribution in [0.1, 0.15) is 10.4 Å². The van der Waals surface area contributed by atoms with E-state index in [4.69, 9.17) is 30.2 Å². The van der Waals surface area contributed by atoms with Gasteiger partial charge in [-0.25, -0.2) is 18.6 Å². The molecule has 0 spiro atoms. The highest BCUT2D eigenvalue weighted by Crippen LogP contribution is 2.64. The lowest BCUT2D eigenvalue weighted by Gasteiger charge is -2.28. The van der Waals surface area contributed by atoms with Gasteiger partial charge in [0.15, 0.2) is 13.0 Å². The lowest BCUT2D eigenvalue weighted by atomic mass is 10.2. The van der Waals surface area contributed by atoms with E-state index in [0.717, 1.165) is 15.9 Å². The molecule has 11 heteroatoms. The third kappa shape index (κ3) is 7.75. The number of hydrogen-bond acceptors (Lipinski definition) is 6. The van der Waals surface area contributed by atoms with Gasteiger partial charge in [-0.1, -0.05) is 72.8 Å². The Bertz CT molecular complexity index is 1330. The van der Waals surface area contributed by atoms with Crippen molar-refractivity contribution in [2.24, 2.45) is 0 Å². The third-order valence-electron chi connectivity index (χ3n) is 5.66. The van der Waals surface area contributed by atoms with E-state index in [1.165, 1.54) is 7.05 Å². The highest BCUT2D eigenvalue weighted by Gasteiger charge is 2.51. The average molecular weight is 599 g/mol. The lowest BCUT2D eigenvalue weighted by Crippen LogP contribution is -2.68. The second-order valence-corrected chi connectivity index (χ2v) is 12.9. The van der Waals surface area contributed by atoms with E-state index >= 15 is 0 Å². The zero-order valence-corrected chi connectivity index (χ0v) is 23.6. The molecule has 4 rings (SSSR count). The number of likely N-dealkylation sites (N-methyl/N-ethyl adjacent to an activating group) is 1. The minimum atomic E-state index is -4.94. The van der Waals surface area contributed by atoms with Gasteiger partial charge in [-0.3, -0.25) is 9.59 Å². The number of nitrogens with one attached hydrogen (secondary N) is 2. The van der Waals surface area contributed by atoms with Crippen LogP contribution in [0.5, 0.6) is 0 Å². The maximum atomic E-state index is 13.2. The van der Waals surface area contributed by atoms with Crippen molar-refractivity contribution in [1.29, 1.82) is 0 Å². The van der Waals surface area contributed by atoms with Crippen LogP contribution in [-0.2, 0) is 4.79 Å². The van der Waals surface area contributed by atoms with E-state index < -0.39 is 29.3 Å². The van der Waals surface area contributed by atoms with Crippen molar-refractivity contribution in [3.8, 4) is 0 Å². The summed E-state index contributed by atoms with van der Waals surface area (Å²) in [6, 6.07) is 38.5. The van der Waals surface area contributed by atoms with Crippen LogP contribution in [0.2, 0.25) is 0 Å². The zero-order chi connectivity index (χ0) is 29.2. The first-order valence-corrected chi connectivity index (χ1v) is 15.2. The number of amides is 2. The van der Waals surface area contributed by atoms with Crippen molar-refractivity contribution in [2.45, 2.75) is 0 Å². The molecule has 40 heavy (non-hydrogen) atoms. The molecule has 8 nitrogen and oxygen atoms in total. The number of carbonyl (C=O) groups excluding carboxylic acids is 2. The van der Waals surface area contributed by atoms with E-state index in [1.807, 2.05) is 97.1 Å². The Morgan fingerprint density at radius 3 is 1.30 bits per heavy atom. The van der Waals surface area contributed by atoms with Crippen molar-refractivity contribution in [1.82, 2.24) is 10.6 Å². The summed E-state index contributed by atoms with van der Waals surface area (Å²) in [7, 11) is -6.17. The summed E-state index contributed by atoms with van der Waals surface area (Å²) in [6.07, 6.45) is 0. The van der Waals surface area contributed by atoms with Crippen LogP contribution in [0.15, 0.2) is 132 Å². The van der Waals surface area contributed by atoms with Crippen molar-refractivity contribution in [3.05, 3.63) is 137 Å². The second-order valence-electron chi connectivity index (χ2n) is 8.12. The third-order valence-corrected chi connectivity index (χ3v) is 10.6. The molecule has 0 radical (unpaired) electrons. The van der Waals surface area contributed by atoms with Gasteiger partial charge in [0.05, 0.1) is 0 Å². The summed E-state index contributed by atoms with van der Waals surface area (Å²) in [5.74, 6) is -0.874. The van der Waals surface area contributed by atoms with Crippen molar-refractivity contribution in [2.75, 3.05) is 7.05 Å². The molecule has 206 valence electrons. The number of rotatable bonds is 7. The van der Waals surface area contributed by atoms with E-state index in [2.05, 4.69) is 10.6 Å². The quantitative estimate of drug-likeness (QED) is 0.222. The molecule has 2 amide bonds. The summed E-state index contributed by atoms with van der Waals surface area (Å²) >= 11 is 7.33. The molecule has 4 aromatic rings. The van der Waals surface area contributed by atoms with E-state index in [0.29, 0.717) is 10.3 Å². The SMILES string of the molecule is CNC(=O)/C(NC(=O)c1ccccc1)=C(\Cl)[P+](c1ccccc1)(c1ccccc1)c1ccccc1.[O-][Cl+3]([O-])([O-])[O-]. The van der Waals surface area contributed by atoms with Crippen molar-refractivity contribution < 1.29 is 38.5 Å². The molecule has 0 fully saturated rings. The molecule has 0 saturated carbocycles. The van der Waals surface area contributed by atoms with Crippen LogP contribution < -0.4 is 45.2 Å². The number of carbonyl (C=O) groups is 2. The number of halogens is 2. The molecule has 0 aliphatic rings. The van der Waals surface area contributed by atoms with E-state index in [9.17, 15) is 9.59 Å². The molecule has 0 bridgehead atoms. The number of hydrogen-bond donors (Lipinski definition) is 2. The number of benzene rings is 4. The maximum Gasteiger partial charge on any atom is 0.272 e. The normalized spacial score (nSPS) is 11.8. The fourth-order valence-corrected chi connectivity index (χ4v) is 8.95. The minimum Gasteiger partial charge on any atom is -0.354 e. The van der Waals surface area contributed by atoms with Gasteiger partial charge in [-0.15, -0.1) is 10.2 Å². The summed E-state index contributed by atoms with van der Waals surface area (Å²) in [6.45, 7) is 0. The Balaban J connectivity index is 0.000000810. The first-order chi connectivity index (χ1) is 19.1. The fraction of sp³-hybridized carbons (Fsp3) is 0.0345. The Kier molecular flexibility index (Phi) is 11.0. The molecular formula is C29H25Cl2N2O6P. The smallest absolute Gasteiger partial charge is 0.272 e. The van der Waals surface area contributed by atoms with Gasteiger partial charge < -0.3 is 10.6 Å². The molecule has 0 atom stereocenters. The molecular weight excluding hydrogens is 574 g/mol. The van der Waals surface area contributed by atoms with Crippen molar-refractivity contribution >= 4 is 46.6 Å². The van der Waals surface area contributed by atoms with Crippen LogP contribution in [0, 0.1) is 10.2 Å². The fourth-order valence-electron chi connectivity index (χ4n) is 4.01. The lowest BCUT2D eigenvalue weighted by molar-refractivity contribution is -2.00. The molecule has 0 heterocycles. The van der Waals surface area contributed by atoms with Gasteiger partial charge in [0.1, 0.15) is 15.9 Å². The Hall–Kier alpha value is -3.59. The van der Waals surface area contributed by atoms with Crippen LogP contribution in [0.25, 0.3) is 0 Å². The van der Waals surface area contributed by atoms with Gasteiger partial charge in [0, 0.05) is 12.6 Å². The van der Waals surface area contributed by atoms with Crippen LogP contribution in [0.3, 0.4) is 0 Å². The van der Waals surface area contributed by atoms with Gasteiger partial charge in [-0.05, 0) is 60.1 Å². The topological polar surface area (TPSA) is 150 Å². The highest BCUT2D eigenvalue weighted by molar-refractivity contribution is 8.00. The predicted octanol–water partition coefficient (Wildman–Crippen LogP) is -0.192. The monoisotopic (exact) mass is 598 g/mol. The molecule has 0 aromatic heterocycles. The molecule has 2 N–H and O–H groups in total. The molecule has 0 aliphatic carbocycles. The van der Waals surface area contributed by atoms with E-state index in [-0.39, 0.29) is 5.70 Å². The second kappa shape index (κ2) is 14.2. The average Bonchev–Trinajstić information content (AvgIpc) is 2.97. The molecule has 0 saturated heterocycles. The van der Waals surface area contributed by atoms with Crippen LogP contribution in [-0.4, -0.2) is 18.9 Å². The van der Waals surface area contributed by atoms with Gasteiger partial charge in [0.25, 0.3) is 11.8 Å². The van der Waals surface area contributed by atoms with Crippen LogP contribution in [0.4, 0.5) is 0 Å². The summed E-state index contributed by atoms with van der Waals surface area (Å²) in [5.41, 5.74) is 0.467. The Morgan fingerprint density at radius 2 is 0.975 bits per heavy atom. The molecule has 0 unspecified atom stereocenters. The first-order valence-electron chi connectivity index (χ1n) is 11.8. The summed E-state index contributed by atoms with van der Waals surface area (Å²) < 4.78 is 34.3. The molecule has 4 aromatic carbocycles. The predicted molar refractivity (Wildman–Crippen MR) is 146 cm³/mol. The first kappa shape index (κ1) is 30.9. The minimum absolute atomic E-state index is 0.0351. The Labute approximate surface area is 239 Å². The Morgan fingerprint density at radius 1 is 0.650 bits per heavy atom. The maximum absolute atomic E-state index is 13.2. The largest absolute Gasteiger partial charge is 0.354 e. The molecule has 0 aliphatic heterocycles. The van der Waals surface area contributed by atoms with Gasteiger partial charge >= 0.3 is 0 Å². The standard InChI is InChI=1S/C29H24ClN2O2P.ClHO4/c1-31-29(34)26(32-28(33)22-14-6-2-7-15-22)27(30)35(23-16-8-3-9-17-23,24-18-10-4-11-19-24)25-20-12-5-13-21-25;2-1(3,4)5/h2-21H,1H3,(H-,31,32,33,34);(H,2,3,4,5)/b27-26-;. The van der Waals surface area contributed by atoms with E-state index in [1.54, 1.807) is 24.3 Å². The van der Waals surface area contributed by atoms with Crippen LogP contribution >= 0.6 is 18.9 Å². The highest BCUT2D eigenvalue weighted by atomic mass is 35.7. The van der Waals surface area contributed by atoms with Gasteiger partial charge in [-0.2, -0.15) is 0 Å². The van der Waals surface area contributed by atoms with Crippen molar-refractivity contribution in [3.63, 3.8) is 0 Å². The van der Waals surface area contributed by atoms with Gasteiger partial charge in [0.2, 0.25) is 4.77 Å².